The summed E-state index contributed by atoms with van der Waals surface area (Å²) in [6, 6.07) is 0.541. The minimum atomic E-state index is -1.12. The number of amides is 2. The van der Waals surface area contributed by atoms with Crippen molar-refractivity contribution < 1.29 is 19.8 Å². The zero-order valence-electron chi connectivity index (χ0n) is 10.4. The van der Waals surface area contributed by atoms with Crippen molar-refractivity contribution in [3.8, 4) is 6.07 Å². The highest BCUT2D eigenvalue weighted by Crippen LogP contribution is 2.19. The predicted molar refractivity (Wildman–Crippen MR) is 61.6 cm³/mol. The fourth-order valence-electron chi connectivity index (χ4n) is 2.01. The zero-order valence-corrected chi connectivity index (χ0v) is 10.4. The van der Waals surface area contributed by atoms with Crippen LogP contribution in [0.1, 0.15) is 13.3 Å². The molecule has 100 valence electrons. The van der Waals surface area contributed by atoms with Crippen LogP contribution in [0.4, 0.5) is 4.79 Å². The van der Waals surface area contributed by atoms with Gasteiger partial charge >= 0.3 is 12.0 Å². The van der Waals surface area contributed by atoms with Gasteiger partial charge in [-0.2, -0.15) is 5.26 Å². The third-order valence-electron chi connectivity index (χ3n) is 2.90. The van der Waals surface area contributed by atoms with Crippen LogP contribution < -0.4 is 0 Å². The molecule has 3 atom stereocenters. The largest absolute Gasteiger partial charge is 0.480 e. The Morgan fingerprint density at radius 3 is 2.72 bits per heavy atom. The minimum absolute atomic E-state index is 0.0150. The van der Waals surface area contributed by atoms with E-state index in [1.165, 1.54) is 11.9 Å². The van der Waals surface area contributed by atoms with Crippen LogP contribution in [0.15, 0.2) is 0 Å². The number of carbonyl (C=O) groups excluding carboxylic acids is 1. The summed E-state index contributed by atoms with van der Waals surface area (Å²) >= 11 is 0. The van der Waals surface area contributed by atoms with Gasteiger partial charge in [0.1, 0.15) is 6.04 Å². The summed E-state index contributed by atoms with van der Waals surface area (Å²) in [5.41, 5.74) is 0. The maximum atomic E-state index is 12.0. The Hall–Kier alpha value is -1.81. The molecule has 0 radical (unpaired) electrons. The molecule has 2 N–H and O–H groups in total. The van der Waals surface area contributed by atoms with Crippen molar-refractivity contribution in [3.63, 3.8) is 0 Å². The summed E-state index contributed by atoms with van der Waals surface area (Å²) in [6.45, 7) is 1.92. The summed E-state index contributed by atoms with van der Waals surface area (Å²) in [5, 5.41) is 27.1. The molecular weight excluding hydrogens is 238 g/mol. The van der Waals surface area contributed by atoms with E-state index in [1.54, 1.807) is 6.92 Å². The van der Waals surface area contributed by atoms with E-state index in [2.05, 4.69) is 0 Å². The van der Waals surface area contributed by atoms with E-state index < -0.39 is 24.1 Å². The van der Waals surface area contributed by atoms with Crippen LogP contribution in [0.3, 0.4) is 0 Å². The number of hydrogen-bond acceptors (Lipinski definition) is 4. The van der Waals surface area contributed by atoms with Crippen LogP contribution in [0.5, 0.6) is 0 Å². The van der Waals surface area contributed by atoms with Crippen molar-refractivity contribution in [3.05, 3.63) is 0 Å². The van der Waals surface area contributed by atoms with Gasteiger partial charge in [-0.1, -0.05) is 0 Å². The lowest BCUT2D eigenvalue weighted by atomic mass is 10.2. The van der Waals surface area contributed by atoms with E-state index in [4.69, 9.17) is 10.4 Å². The number of aliphatic carboxylic acids is 1. The molecule has 7 nitrogen and oxygen atoms in total. The monoisotopic (exact) mass is 255 g/mol. The van der Waals surface area contributed by atoms with E-state index in [1.807, 2.05) is 6.07 Å². The van der Waals surface area contributed by atoms with Crippen LogP contribution >= 0.6 is 0 Å². The zero-order chi connectivity index (χ0) is 13.9. The molecule has 0 bridgehead atoms. The molecule has 2 amide bonds. The average Bonchev–Trinajstić information content (AvgIpc) is 2.70. The van der Waals surface area contributed by atoms with Crippen molar-refractivity contribution in [2.24, 2.45) is 5.92 Å². The number of β-amino-alcohol motifs (C(OH)–C–C–N with tert-alkyl or cyclic N) is 1. The summed E-state index contributed by atoms with van der Waals surface area (Å²) in [5.74, 6) is -1.45. The van der Waals surface area contributed by atoms with Gasteiger partial charge < -0.3 is 20.0 Å². The SMILES string of the molecule is CC(C#N)CN(C)C(=O)N1CC(O)CC1C(=O)O. The number of carboxylic acid groups (broad SMARTS) is 1. The molecule has 1 fully saturated rings. The first-order valence-corrected chi connectivity index (χ1v) is 5.69. The van der Waals surface area contributed by atoms with Gasteiger partial charge in [-0.15, -0.1) is 0 Å². The second-order valence-corrected chi connectivity index (χ2v) is 4.59. The number of hydrogen-bond donors (Lipinski definition) is 2. The Bertz CT molecular complexity index is 379. The third-order valence-corrected chi connectivity index (χ3v) is 2.90. The quantitative estimate of drug-likeness (QED) is 0.721. The van der Waals surface area contributed by atoms with E-state index >= 15 is 0 Å². The van der Waals surface area contributed by atoms with Crippen molar-refractivity contribution >= 4 is 12.0 Å². The average molecular weight is 255 g/mol. The Kier molecular flexibility index (Phi) is 4.50. The van der Waals surface area contributed by atoms with Gasteiger partial charge in [0.2, 0.25) is 0 Å². The molecule has 3 unspecified atom stereocenters. The molecule has 1 aliphatic heterocycles. The van der Waals surface area contributed by atoms with Gasteiger partial charge in [-0.05, 0) is 6.92 Å². The topological polar surface area (TPSA) is 105 Å². The molecule has 0 spiro atoms. The number of aliphatic hydroxyl groups excluding tert-OH is 1. The maximum Gasteiger partial charge on any atom is 0.326 e. The van der Waals surface area contributed by atoms with Gasteiger partial charge in [0.15, 0.2) is 0 Å². The van der Waals surface area contributed by atoms with Crippen LogP contribution in [-0.4, -0.2) is 64.3 Å². The molecule has 18 heavy (non-hydrogen) atoms. The highest BCUT2D eigenvalue weighted by Gasteiger charge is 2.40. The van der Waals surface area contributed by atoms with Crippen LogP contribution in [0.25, 0.3) is 0 Å². The first kappa shape index (κ1) is 14.3. The molecule has 1 rings (SSSR count). The number of rotatable bonds is 3. The Morgan fingerprint density at radius 2 is 2.22 bits per heavy atom. The molecule has 0 saturated carbocycles. The van der Waals surface area contributed by atoms with Crippen molar-refractivity contribution in [1.82, 2.24) is 9.80 Å². The van der Waals surface area contributed by atoms with Crippen LogP contribution in [0, 0.1) is 17.2 Å². The molecule has 1 saturated heterocycles. The van der Waals surface area contributed by atoms with Crippen molar-refractivity contribution in [1.29, 1.82) is 5.26 Å². The molecule has 1 heterocycles. The third kappa shape index (κ3) is 3.11. The number of carboxylic acids is 1. The summed E-state index contributed by atoms with van der Waals surface area (Å²) in [4.78, 5) is 25.5. The number of nitriles is 1. The maximum absolute atomic E-state index is 12.0. The molecule has 1 aliphatic rings. The Balaban J connectivity index is 2.71. The number of carbonyl (C=O) groups is 2. The number of likely N-dealkylation sites (tertiary alicyclic amines) is 1. The van der Waals surface area contributed by atoms with Gasteiger partial charge in [-0.25, -0.2) is 9.59 Å². The summed E-state index contributed by atoms with van der Waals surface area (Å²) in [6.07, 6.45) is -0.764. The van der Waals surface area contributed by atoms with Gasteiger partial charge in [0.05, 0.1) is 18.1 Å². The van der Waals surface area contributed by atoms with Crippen molar-refractivity contribution in [2.45, 2.75) is 25.5 Å². The highest BCUT2D eigenvalue weighted by atomic mass is 16.4. The lowest BCUT2D eigenvalue weighted by Gasteiger charge is -2.27. The van der Waals surface area contributed by atoms with E-state index in [0.29, 0.717) is 0 Å². The van der Waals surface area contributed by atoms with Crippen molar-refractivity contribution in [2.75, 3.05) is 20.1 Å². The first-order valence-electron chi connectivity index (χ1n) is 5.69. The summed E-state index contributed by atoms with van der Waals surface area (Å²) in [7, 11) is 1.51. The number of urea groups is 1. The van der Waals surface area contributed by atoms with E-state index in [-0.39, 0.29) is 25.4 Å². The summed E-state index contributed by atoms with van der Waals surface area (Å²) < 4.78 is 0. The Labute approximate surface area is 105 Å². The standard InChI is InChI=1S/C11H17N3O4/c1-7(4-12)5-13(2)11(18)14-6-8(15)3-9(14)10(16)17/h7-9,15H,3,5-6H2,1-2H3,(H,16,17). The molecule has 0 aromatic carbocycles. The second kappa shape index (κ2) is 5.69. The van der Waals surface area contributed by atoms with Gasteiger partial charge in [0.25, 0.3) is 0 Å². The van der Waals surface area contributed by atoms with Gasteiger partial charge in [0, 0.05) is 26.6 Å². The van der Waals surface area contributed by atoms with E-state index in [0.717, 1.165) is 4.90 Å². The number of nitrogens with zero attached hydrogens (tertiary/aromatic N) is 3. The molecule has 0 aromatic rings. The molecular formula is C11H17N3O4. The molecule has 7 heteroatoms. The fourth-order valence-corrected chi connectivity index (χ4v) is 2.01. The molecule has 0 aliphatic carbocycles. The predicted octanol–water partition coefficient (Wildman–Crippen LogP) is -0.282. The smallest absolute Gasteiger partial charge is 0.326 e. The Morgan fingerprint density at radius 1 is 1.61 bits per heavy atom. The van der Waals surface area contributed by atoms with Crippen LogP contribution in [-0.2, 0) is 4.79 Å². The van der Waals surface area contributed by atoms with Crippen LogP contribution in [0.2, 0.25) is 0 Å². The second-order valence-electron chi connectivity index (χ2n) is 4.59. The van der Waals surface area contributed by atoms with Gasteiger partial charge in [-0.3, -0.25) is 0 Å². The first-order chi connectivity index (χ1) is 8.36. The number of aliphatic hydroxyl groups is 1. The lowest BCUT2D eigenvalue weighted by molar-refractivity contribution is -0.141. The highest BCUT2D eigenvalue weighted by molar-refractivity contribution is 5.83. The normalized spacial score (nSPS) is 24.4. The minimum Gasteiger partial charge on any atom is -0.480 e. The lowest BCUT2D eigenvalue weighted by Crippen LogP contribution is -2.47. The molecule has 0 aromatic heterocycles. The fraction of sp³-hybridized carbons (Fsp3) is 0.727. The van der Waals surface area contributed by atoms with E-state index in [9.17, 15) is 14.7 Å².